The van der Waals surface area contributed by atoms with Crippen molar-refractivity contribution in [2.75, 3.05) is 19.6 Å². The molecule has 170 valence electrons. The third kappa shape index (κ3) is 8.48. The zero-order valence-corrected chi connectivity index (χ0v) is 17.9. The molecule has 2 aromatic carbocycles. The van der Waals surface area contributed by atoms with Gasteiger partial charge < -0.3 is 22.1 Å². The highest BCUT2D eigenvalue weighted by Crippen LogP contribution is 2.05. The Hall–Kier alpha value is -4.15. The summed E-state index contributed by atoms with van der Waals surface area (Å²) in [7, 11) is 0. The second-order valence-corrected chi connectivity index (χ2v) is 6.83. The molecule has 0 heterocycles. The molecule has 0 aliphatic heterocycles. The number of rotatable bonds is 8. The maximum Gasteiger partial charge on any atom is 0.267 e. The van der Waals surface area contributed by atoms with Crippen LogP contribution in [0.2, 0.25) is 0 Å². The van der Waals surface area contributed by atoms with E-state index in [1.807, 2.05) is 24.3 Å². The Balaban J connectivity index is 1.93. The Morgan fingerprint density at radius 2 is 1.48 bits per heavy atom. The zero-order valence-electron chi connectivity index (χ0n) is 17.9. The van der Waals surface area contributed by atoms with Crippen molar-refractivity contribution in [3.63, 3.8) is 0 Å². The van der Waals surface area contributed by atoms with Gasteiger partial charge in [-0.05, 0) is 53.8 Å². The molecule has 0 fully saturated rings. The fraction of sp³-hybridized carbons (Fsp3) is 0.208. The number of hydrogen-bond acceptors (Lipinski definition) is 6. The highest BCUT2D eigenvalue weighted by atomic mass is 16.5. The smallest absolute Gasteiger partial charge is 0.267 e. The van der Waals surface area contributed by atoms with Crippen LogP contribution in [-0.2, 0) is 16.0 Å². The second kappa shape index (κ2) is 13.3. The van der Waals surface area contributed by atoms with Gasteiger partial charge in [0, 0.05) is 36.3 Å². The lowest BCUT2D eigenvalue weighted by Crippen LogP contribution is -2.50. The summed E-state index contributed by atoms with van der Waals surface area (Å²) in [6, 6.07) is 12.7. The first-order valence-electron chi connectivity index (χ1n) is 10.1. The van der Waals surface area contributed by atoms with Crippen molar-refractivity contribution < 1.29 is 19.6 Å². The van der Waals surface area contributed by atoms with Crippen molar-refractivity contribution in [3.05, 3.63) is 70.8 Å². The predicted molar refractivity (Wildman–Crippen MR) is 123 cm³/mol. The van der Waals surface area contributed by atoms with E-state index in [1.165, 1.54) is 5.48 Å². The fourth-order valence-electron chi connectivity index (χ4n) is 2.63. The molecule has 3 amide bonds. The minimum absolute atomic E-state index is 0.0801. The lowest BCUT2D eigenvalue weighted by Gasteiger charge is -2.14. The van der Waals surface area contributed by atoms with Gasteiger partial charge in [0.1, 0.15) is 6.04 Å². The Labute approximate surface area is 191 Å². The lowest BCUT2D eigenvalue weighted by molar-refractivity contribution is -0.130. The molecule has 0 aliphatic carbocycles. The van der Waals surface area contributed by atoms with E-state index in [0.29, 0.717) is 24.2 Å². The van der Waals surface area contributed by atoms with Crippen molar-refractivity contribution in [1.29, 1.82) is 0 Å². The van der Waals surface area contributed by atoms with Crippen LogP contribution in [0.1, 0.15) is 27.0 Å². The van der Waals surface area contributed by atoms with Crippen LogP contribution < -0.4 is 27.6 Å². The topological polar surface area (TPSA) is 160 Å². The molecule has 0 aromatic heterocycles. The first-order chi connectivity index (χ1) is 16.0. The SMILES string of the molecule is NCCNC(=O)Cc1ccc(C#CC#Cc2ccc(C(=O)N[C@@H](CN)C(=O)NO)cc2)cc1. The Bertz CT molecular complexity index is 1090. The van der Waals surface area contributed by atoms with Gasteiger partial charge in [0.25, 0.3) is 11.8 Å². The summed E-state index contributed by atoms with van der Waals surface area (Å²) < 4.78 is 0. The first-order valence-corrected chi connectivity index (χ1v) is 10.1. The lowest BCUT2D eigenvalue weighted by atomic mass is 10.1. The molecule has 0 radical (unpaired) electrons. The Morgan fingerprint density at radius 1 is 0.909 bits per heavy atom. The molecule has 33 heavy (non-hydrogen) atoms. The molecule has 0 saturated carbocycles. The van der Waals surface area contributed by atoms with Crippen LogP contribution in [0.15, 0.2) is 48.5 Å². The molecule has 0 spiro atoms. The highest BCUT2D eigenvalue weighted by molar-refractivity contribution is 5.97. The molecule has 0 saturated heterocycles. The summed E-state index contributed by atoms with van der Waals surface area (Å²) in [4.78, 5) is 35.3. The van der Waals surface area contributed by atoms with Gasteiger partial charge in [-0.3, -0.25) is 19.6 Å². The van der Waals surface area contributed by atoms with E-state index in [-0.39, 0.29) is 18.9 Å². The molecule has 2 aromatic rings. The van der Waals surface area contributed by atoms with Gasteiger partial charge in [-0.15, -0.1) is 0 Å². The molecule has 9 heteroatoms. The summed E-state index contributed by atoms with van der Waals surface area (Å²) in [6.07, 6.45) is 0.281. The van der Waals surface area contributed by atoms with E-state index in [1.54, 1.807) is 24.3 Å². The van der Waals surface area contributed by atoms with E-state index in [0.717, 1.165) is 11.1 Å². The van der Waals surface area contributed by atoms with Gasteiger partial charge in [0.05, 0.1) is 6.42 Å². The van der Waals surface area contributed by atoms with Gasteiger partial charge in [0.2, 0.25) is 5.91 Å². The molecular formula is C24H25N5O4. The van der Waals surface area contributed by atoms with Crippen LogP contribution in [0.5, 0.6) is 0 Å². The number of hydrogen-bond donors (Lipinski definition) is 6. The number of nitrogens with two attached hydrogens (primary N) is 2. The summed E-state index contributed by atoms with van der Waals surface area (Å²) in [5.74, 6) is 9.94. The third-order valence-corrected chi connectivity index (χ3v) is 4.38. The average molecular weight is 447 g/mol. The maximum absolute atomic E-state index is 12.2. The van der Waals surface area contributed by atoms with Crippen LogP contribution in [-0.4, -0.2) is 48.6 Å². The number of nitrogens with one attached hydrogen (secondary N) is 3. The molecule has 8 N–H and O–H groups in total. The number of benzene rings is 2. The molecule has 9 nitrogen and oxygen atoms in total. The van der Waals surface area contributed by atoms with Crippen LogP contribution in [0.3, 0.4) is 0 Å². The summed E-state index contributed by atoms with van der Waals surface area (Å²) in [5, 5.41) is 13.8. The molecular weight excluding hydrogens is 422 g/mol. The zero-order chi connectivity index (χ0) is 24.1. The quantitative estimate of drug-likeness (QED) is 0.178. The van der Waals surface area contributed by atoms with E-state index in [2.05, 4.69) is 34.3 Å². The Morgan fingerprint density at radius 3 is 2.00 bits per heavy atom. The minimum Gasteiger partial charge on any atom is -0.355 e. The van der Waals surface area contributed by atoms with Crippen molar-refractivity contribution in [2.24, 2.45) is 11.5 Å². The maximum atomic E-state index is 12.2. The molecule has 0 bridgehead atoms. The number of carbonyl (C=O) groups is 3. The summed E-state index contributed by atoms with van der Waals surface area (Å²) >= 11 is 0. The van der Waals surface area contributed by atoms with Gasteiger partial charge >= 0.3 is 0 Å². The van der Waals surface area contributed by atoms with E-state index >= 15 is 0 Å². The van der Waals surface area contributed by atoms with Crippen LogP contribution in [0.4, 0.5) is 0 Å². The molecule has 0 unspecified atom stereocenters. The van der Waals surface area contributed by atoms with Crippen molar-refractivity contribution in [3.8, 4) is 23.7 Å². The van der Waals surface area contributed by atoms with Crippen LogP contribution in [0.25, 0.3) is 0 Å². The van der Waals surface area contributed by atoms with E-state index in [4.69, 9.17) is 16.7 Å². The van der Waals surface area contributed by atoms with Gasteiger partial charge in [0.15, 0.2) is 0 Å². The second-order valence-electron chi connectivity index (χ2n) is 6.83. The predicted octanol–water partition coefficient (Wildman–Crippen LogP) is -0.730. The average Bonchev–Trinajstić information content (AvgIpc) is 2.84. The van der Waals surface area contributed by atoms with Crippen molar-refractivity contribution in [1.82, 2.24) is 16.1 Å². The van der Waals surface area contributed by atoms with Crippen LogP contribution in [0, 0.1) is 23.7 Å². The van der Waals surface area contributed by atoms with E-state index < -0.39 is 17.9 Å². The van der Waals surface area contributed by atoms with E-state index in [9.17, 15) is 14.4 Å². The highest BCUT2D eigenvalue weighted by Gasteiger charge is 2.19. The number of carbonyl (C=O) groups excluding carboxylic acids is 3. The van der Waals surface area contributed by atoms with Gasteiger partial charge in [-0.1, -0.05) is 24.0 Å². The first kappa shape index (κ1) is 25.1. The largest absolute Gasteiger partial charge is 0.355 e. The monoisotopic (exact) mass is 447 g/mol. The summed E-state index contributed by atoms with van der Waals surface area (Å²) in [6.45, 7) is 0.698. The summed E-state index contributed by atoms with van der Waals surface area (Å²) in [5.41, 5.74) is 14.8. The van der Waals surface area contributed by atoms with Gasteiger partial charge in [-0.25, -0.2) is 5.48 Å². The molecule has 1 atom stereocenters. The number of amides is 3. The standard InChI is InChI=1S/C24H25N5O4/c25-13-14-27-22(30)15-19-7-5-17(6-8-19)3-1-2-4-18-9-11-20(12-10-18)23(31)28-21(16-26)24(32)29-33/h5-12,21,33H,13-16,25-26H2,(H,27,30)(H,28,31)(H,29,32)/t21-/m0/s1. The fourth-order valence-corrected chi connectivity index (χ4v) is 2.63. The molecule has 2 rings (SSSR count). The van der Waals surface area contributed by atoms with Crippen molar-refractivity contribution in [2.45, 2.75) is 12.5 Å². The normalized spacial score (nSPS) is 10.5. The van der Waals surface area contributed by atoms with Crippen LogP contribution >= 0.6 is 0 Å². The van der Waals surface area contributed by atoms with Gasteiger partial charge in [-0.2, -0.15) is 0 Å². The Kier molecular flexibility index (Phi) is 10.1. The van der Waals surface area contributed by atoms with Crippen molar-refractivity contribution >= 4 is 17.7 Å². The number of hydroxylamine groups is 1. The molecule has 0 aliphatic rings. The third-order valence-electron chi connectivity index (χ3n) is 4.38. The minimum atomic E-state index is -1.04.